The van der Waals surface area contributed by atoms with Crippen molar-refractivity contribution in [3.8, 4) is 0 Å². The molecule has 8 heteroatoms. The Morgan fingerprint density at radius 2 is 2.20 bits per heavy atom. The van der Waals surface area contributed by atoms with Crippen molar-refractivity contribution in [3.63, 3.8) is 0 Å². The fourth-order valence-electron chi connectivity index (χ4n) is 3.54. The summed E-state index contributed by atoms with van der Waals surface area (Å²) in [4.78, 5) is 23.0. The van der Waals surface area contributed by atoms with Crippen molar-refractivity contribution >= 4 is 11.7 Å². The van der Waals surface area contributed by atoms with Gasteiger partial charge in [0.05, 0.1) is 6.10 Å². The molecule has 25 heavy (non-hydrogen) atoms. The maximum atomic E-state index is 12.2. The van der Waals surface area contributed by atoms with Crippen LogP contribution in [0, 0.1) is 0 Å². The van der Waals surface area contributed by atoms with Gasteiger partial charge < -0.3 is 15.3 Å². The highest BCUT2D eigenvalue weighted by atomic mass is 16.3. The minimum absolute atomic E-state index is 0.0853. The van der Waals surface area contributed by atoms with Crippen LogP contribution >= 0.6 is 0 Å². The molecule has 0 unspecified atom stereocenters. The van der Waals surface area contributed by atoms with E-state index >= 15 is 0 Å². The molecular weight excluding hydrogens is 320 g/mol. The van der Waals surface area contributed by atoms with Gasteiger partial charge in [0.15, 0.2) is 0 Å². The van der Waals surface area contributed by atoms with Gasteiger partial charge in [-0.15, -0.1) is 0 Å². The average Bonchev–Trinajstić information content (AvgIpc) is 3.19. The summed E-state index contributed by atoms with van der Waals surface area (Å²) in [6.45, 7) is 1.45. The lowest BCUT2D eigenvalue weighted by Crippen LogP contribution is -2.44. The molecule has 4 rings (SSSR count). The van der Waals surface area contributed by atoms with E-state index in [9.17, 15) is 9.90 Å². The Morgan fingerprint density at radius 3 is 2.88 bits per heavy atom. The second kappa shape index (κ2) is 6.44. The van der Waals surface area contributed by atoms with Crippen LogP contribution in [0.4, 0.5) is 5.82 Å². The van der Waals surface area contributed by atoms with Gasteiger partial charge in [-0.1, -0.05) is 0 Å². The van der Waals surface area contributed by atoms with E-state index in [1.165, 1.54) is 0 Å². The predicted molar refractivity (Wildman–Crippen MR) is 91.3 cm³/mol. The van der Waals surface area contributed by atoms with Gasteiger partial charge in [0.2, 0.25) is 0 Å². The number of rotatable bonds is 4. The number of nitrogens with one attached hydrogen (secondary N) is 1. The van der Waals surface area contributed by atoms with E-state index in [2.05, 4.69) is 25.3 Å². The fraction of sp³-hybridized carbons (Fsp3) is 0.529. The lowest BCUT2D eigenvalue weighted by atomic mass is 9.78. The molecule has 0 spiro atoms. The monoisotopic (exact) mass is 342 g/mol. The third-order valence-electron chi connectivity index (χ3n) is 5.11. The maximum absolute atomic E-state index is 12.2. The Labute approximate surface area is 145 Å². The van der Waals surface area contributed by atoms with E-state index in [4.69, 9.17) is 0 Å². The molecule has 0 radical (unpaired) electrons. The van der Waals surface area contributed by atoms with Crippen LogP contribution in [0.15, 0.2) is 24.7 Å². The molecule has 2 aromatic rings. The Hall–Kier alpha value is -2.48. The molecule has 2 fully saturated rings. The molecule has 0 bridgehead atoms. The molecule has 2 N–H and O–H groups in total. The smallest absolute Gasteiger partial charge is 0.269 e. The number of amides is 1. The van der Waals surface area contributed by atoms with Gasteiger partial charge in [0, 0.05) is 50.1 Å². The molecule has 2 aliphatic rings. The number of aryl methyl sites for hydroxylation is 1. The summed E-state index contributed by atoms with van der Waals surface area (Å²) >= 11 is 0. The number of hydrogen-bond donors (Lipinski definition) is 2. The first-order valence-electron chi connectivity index (χ1n) is 8.64. The van der Waals surface area contributed by atoms with Crippen LogP contribution < -0.4 is 10.2 Å². The first-order chi connectivity index (χ1) is 12.1. The van der Waals surface area contributed by atoms with E-state index in [0.717, 1.165) is 37.3 Å². The van der Waals surface area contributed by atoms with Gasteiger partial charge >= 0.3 is 0 Å². The highest BCUT2D eigenvalue weighted by molar-refractivity contribution is 5.92. The number of aromatic nitrogens is 4. The first-order valence-corrected chi connectivity index (χ1v) is 8.64. The molecule has 1 saturated carbocycles. The largest absolute Gasteiger partial charge is 0.391 e. The summed E-state index contributed by atoms with van der Waals surface area (Å²) in [6, 6.07) is 3.90. The van der Waals surface area contributed by atoms with E-state index < -0.39 is 0 Å². The number of carbonyl (C=O) groups excluding carboxylic acids is 1. The Kier molecular flexibility index (Phi) is 4.12. The Balaban J connectivity index is 1.35. The van der Waals surface area contributed by atoms with Crippen LogP contribution in [0.3, 0.4) is 0 Å². The van der Waals surface area contributed by atoms with Gasteiger partial charge in [-0.25, -0.2) is 9.97 Å². The highest BCUT2D eigenvalue weighted by Gasteiger charge is 2.33. The number of hydrogen-bond acceptors (Lipinski definition) is 6. The summed E-state index contributed by atoms with van der Waals surface area (Å²) in [6.07, 6.45) is 5.48. The van der Waals surface area contributed by atoms with E-state index in [1.807, 2.05) is 6.07 Å². The first kappa shape index (κ1) is 16.0. The summed E-state index contributed by atoms with van der Waals surface area (Å²) in [7, 11) is 1.76. The molecule has 1 saturated heterocycles. The number of carbonyl (C=O) groups is 1. The summed E-state index contributed by atoms with van der Waals surface area (Å²) in [5.74, 6) is 1.13. The van der Waals surface area contributed by atoms with Crippen LogP contribution in [0.5, 0.6) is 0 Å². The third kappa shape index (κ3) is 3.21. The van der Waals surface area contributed by atoms with Gasteiger partial charge in [-0.3, -0.25) is 9.48 Å². The molecule has 8 nitrogen and oxygen atoms in total. The van der Waals surface area contributed by atoms with Crippen molar-refractivity contribution in [2.24, 2.45) is 7.05 Å². The Bertz CT molecular complexity index is 770. The number of β-amino-alcohol motifs (C(OH)–C–C–N with tert-alkyl or cyclic N) is 1. The van der Waals surface area contributed by atoms with Gasteiger partial charge in [-0.05, 0) is 25.3 Å². The second-order valence-corrected chi connectivity index (χ2v) is 6.87. The molecule has 1 aliphatic heterocycles. The molecule has 1 amide bonds. The summed E-state index contributed by atoms with van der Waals surface area (Å²) in [5, 5.41) is 16.8. The van der Waals surface area contributed by atoms with Crippen molar-refractivity contribution in [1.82, 2.24) is 25.1 Å². The number of aliphatic hydroxyl groups excluding tert-OH is 1. The molecule has 3 heterocycles. The minimum Gasteiger partial charge on any atom is -0.391 e. The summed E-state index contributed by atoms with van der Waals surface area (Å²) < 4.78 is 1.58. The topological polar surface area (TPSA) is 96.2 Å². The zero-order valence-corrected chi connectivity index (χ0v) is 14.2. The van der Waals surface area contributed by atoms with Crippen molar-refractivity contribution < 1.29 is 9.90 Å². The molecule has 1 aliphatic carbocycles. The van der Waals surface area contributed by atoms with Crippen molar-refractivity contribution in [3.05, 3.63) is 36.0 Å². The quantitative estimate of drug-likeness (QED) is 0.838. The van der Waals surface area contributed by atoms with Crippen LogP contribution in [0.25, 0.3) is 0 Å². The van der Waals surface area contributed by atoms with Crippen LogP contribution in [-0.2, 0) is 7.05 Å². The number of aliphatic hydroxyl groups is 1. The average molecular weight is 342 g/mol. The van der Waals surface area contributed by atoms with E-state index in [-0.39, 0.29) is 18.1 Å². The van der Waals surface area contributed by atoms with E-state index in [0.29, 0.717) is 18.2 Å². The van der Waals surface area contributed by atoms with Crippen molar-refractivity contribution in [2.45, 2.75) is 37.3 Å². The number of anilines is 1. The van der Waals surface area contributed by atoms with Crippen LogP contribution in [0.2, 0.25) is 0 Å². The van der Waals surface area contributed by atoms with Crippen LogP contribution in [-0.4, -0.2) is 56.0 Å². The Morgan fingerprint density at radius 1 is 1.36 bits per heavy atom. The highest BCUT2D eigenvalue weighted by Crippen LogP contribution is 2.37. The number of nitrogens with zero attached hydrogens (tertiary/aromatic N) is 5. The van der Waals surface area contributed by atoms with Gasteiger partial charge in [0.1, 0.15) is 17.8 Å². The fourth-order valence-corrected chi connectivity index (χ4v) is 3.54. The second-order valence-electron chi connectivity index (χ2n) is 6.87. The minimum atomic E-state index is -0.270. The van der Waals surface area contributed by atoms with Crippen molar-refractivity contribution in [2.75, 3.05) is 18.0 Å². The third-order valence-corrected chi connectivity index (χ3v) is 5.11. The molecular formula is C17H22N6O2. The SMILES string of the molecule is Cn1nccc1C(=O)NC1CC(c2cc(N3CC[C@H](O)C3)ncn2)C1. The normalized spacial score (nSPS) is 25.7. The zero-order valence-electron chi connectivity index (χ0n) is 14.2. The predicted octanol–water partition coefficient (Wildman–Crippen LogP) is 0.457. The lowest BCUT2D eigenvalue weighted by Gasteiger charge is -2.35. The van der Waals surface area contributed by atoms with Gasteiger partial charge in [-0.2, -0.15) is 5.10 Å². The standard InChI is InChI=1S/C17H22N6O2/c1-22-15(2-4-20-22)17(25)21-12-6-11(7-12)14-8-16(19-10-18-14)23-5-3-13(24)9-23/h2,4,8,10-13,24H,3,5-7,9H2,1H3,(H,21,25)/t11?,12?,13-/m0/s1. The maximum Gasteiger partial charge on any atom is 0.269 e. The van der Waals surface area contributed by atoms with Crippen molar-refractivity contribution in [1.29, 1.82) is 0 Å². The van der Waals surface area contributed by atoms with Gasteiger partial charge in [0.25, 0.3) is 5.91 Å². The molecule has 132 valence electrons. The van der Waals surface area contributed by atoms with Crippen LogP contribution in [0.1, 0.15) is 41.4 Å². The molecule has 1 atom stereocenters. The zero-order chi connectivity index (χ0) is 17.4. The molecule has 0 aromatic carbocycles. The van der Waals surface area contributed by atoms with E-state index in [1.54, 1.807) is 30.3 Å². The molecule has 2 aromatic heterocycles. The summed E-state index contributed by atoms with van der Waals surface area (Å²) in [5.41, 5.74) is 1.58. The lowest BCUT2D eigenvalue weighted by molar-refractivity contribution is 0.0898.